The van der Waals surface area contributed by atoms with E-state index in [1.807, 2.05) is 99.0 Å². The van der Waals surface area contributed by atoms with Gasteiger partial charge in [0.15, 0.2) is 0 Å². The molecule has 6 heterocycles. The number of aliphatic hydroxyl groups is 1. The number of hydrogen-bond donors (Lipinski definition) is 1. The van der Waals surface area contributed by atoms with Gasteiger partial charge in [-0.1, -0.05) is 12.7 Å². The first-order valence-electron chi connectivity index (χ1n) is 14.7. The summed E-state index contributed by atoms with van der Waals surface area (Å²) in [4.78, 5) is 25.7. The fourth-order valence-electron chi connectivity index (χ4n) is 4.27. The van der Waals surface area contributed by atoms with E-state index in [4.69, 9.17) is 0 Å². The summed E-state index contributed by atoms with van der Waals surface area (Å²) in [5, 5.41) is 9.50. The molecule has 45 heavy (non-hydrogen) atoms. The number of aliphatic hydroxyl groups excluding tert-OH is 1. The maximum atomic E-state index is 9.50. The van der Waals surface area contributed by atoms with Crippen molar-refractivity contribution in [2.45, 2.75) is 40.7 Å². The zero-order chi connectivity index (χ0) is 32.2. The Balaban J connectivity index is 0.000000154. The highest BCUT2D eigenvalue weighted by Crippen LogP contribution is 2.20. The van der Waals surface area contributed by atoms with Gasteiger partial charge in [0.25, 0.3) is 0 Å². The third kappa shape index (κ3) is 9.81. The molecular weight excluding hydrogens is 556 g/mol. The first-order valence-corrected chi connectivity index (χ1v) is 14.7. The minimum atomic E-state index is -0.480. The second-order valence-corrected chi connectivity index (χ2v) is 10.7. The van der Waals surface area contributed by atoms with Crippen molar-refractivity contribution in [2.75, 3.05) is 0 Å². The topological polar surface area (TPSA) is 97.6 Å². The summed E-state index contributed by atoms with van der Waals surface area (Å²) in [5.74, 6) is 0. The Morgan fingerprint density at radius 2 is 0.800 bits per heavy atom. The molecule has 0 aliphatic rings. The van der Waals surface area contributed by atoms with Gasteiger partial charge < -0.3 is 5.11 Å². The molecule has 0 saturated heterocycles. The van der Waals surface area contributed by atoms with Crippen LogP contribution in [0, 0.1) is 27.7 Å². The fourth-order valence-corrected chi connectivity index (χ4v) is 4.27. The number of hydrogen-bond acceptors (Lipinski definition) is 7. The van der Waals surface area contributed by atoms with Gasteiger partial charge in [-0.15, -0.1) is 0 Å². The molecule has 0 radical (unpaired) electrons. The Labute approximate surface area is 265 Å². The summed E-state index contributed by atoms with van der Waals surface area (Å²) in [6.45, 7) is 13.6. The van der Waals surface area contributed by atoms with Crippen molar-refractivity contribution in [3.8, 4) is 34.2 Å². The van der Waals surface area contributed by atoms with Crippen molar-refractivity contribution in [3.63, 3.8) is 0 Å². The SMILES string of the molecule is C=Cc1ccnc(-c2cc(C)ccn2)c1.Cc1ccnc(-c2cc(C(C)O)ccn2)c1.Cc1ccnc(-c2cc(C)ccn2)c1. The van der Waals surface area contributed by atoms with Crippen molar-refractivity contribution in [1.82, 2.24) is 29.9 Å². The number of aryl methyl sites for hydroxylation is 4. The summed E-state index contributed by atoms with van der Waals surface area (Å²) in [7, 11) is 0. The molecule has 226 valence electrons. The van der Waals surface area contributed by atoms with Gasteiger partial charge in [0, 0.05) is 37.2 Å². The van der Waals surface area contributed by atoms with E-state index in [9.17, 15) is 5.11 Å². The third-order valence-electron chi connectivity index (χ3n) is 6.74. The van der Waals surface area contributed by atoms with Crippen molar-refractivity contribution < 1.29 is 5.11 Å². The lowest BCUT2D eigenvalue weighted by Crippen LogP contribution is -1.94. The lowest BCUT2D eigenvalue weighted by molar-refractivity contribution is 0.199. The summed E-state index contributed by atoms with van der Waals surface area (Å²) < 4.78 is 0. The Kier molecular flexibility index (Phi) is 11.5. The molecule has 0 aromatic carbocycles. The van der Waals surface area contributed by atoms with Gasteiger partial charge in [0.1, 0.15) is 0 Å². The van der Waals surface area contributed by atoms with Gasteiger partial charge in [-0.05, 0) is 141 Å². The van der Waals surface area contributed by atoms with Crippen LogP contribution in [0.5, 0.6) is 0 Å². The molecule has 0 amide bonds. The van der Waals surface area contributed by atoms with E-state index >= 15 is 0 Å². The van der Waals surface area contributed by atoms with Crippen molar-refractivity contribution in [2.24, 2.45) is 0 Å². The molecule has 0 spiro atoms. The number of aromatic nitrogens is 6. The van der Waals surface area contributed by atoms with Crippen LogP contribution < -0.4 is 0 Å². The molecule has 7 heteroatoms. The monoisotopic (exact) mass is 594 g/mol. The number of pyridine rings is 6. The molecule has 6 aromatic rings. The van der Waals surface area contributed by atoms with Gasteiger partial charge in [-0.2, -0.15) is 0 Å². The fraction of sp³-hybridized carbons (Fsp3) is 0.158. The highest BCUT2D eigenvalue weighted by atomic mass is 16.3. The van der Waals surface area contributed by atoms with Crippen LogP contribution in [0.25, 0.3) is 40.2 Å². The average molecular weight is 595 g/mol. The van der Waals surface area contributed by atoms with Crippen molar-refractivity contribution >= 4 is 6.08 Å². The maximum absolute atomic E-state index is 9.50. The highest BCUT2D eigenvalue weighted by molar-refractivity contribution is 5.60. The maximum Gasteiger partial charge on any atom is 0.0892 e. The van der Waals surface area contributed by atoms with E-state index in [0.717, 1.165) is 50.9 Å². The minimum absolute atomic E-state index is 0.480. The second-order valence-electron chi connectivity index (χ2n) is 10.7. The first-order chi connectivity index (χ1) is 21.7. The second kappa shape index (κ2) is 15.9. The van der Waals surface area contributed by atoms with Gasteiger partial charge in [-0.3, -0.25) is 29.9 Å². The molecule has 7 nitrogen and oxygen atoms in total. The Bertz CT molecular complexity index is 1820. The van der Waals surface area contributed by atoms with Crippen LogP contribution in [0.15, 0.2) is 117 Å². The van der Waals surface area contributed by atoms with Gasteiger partial charge in [0.05, 0.1) is 40.3 Å². The van der Waals surface area contributed by atoms with Gasteiger partial charge in [0.2, 0.25) is 0 Å². The predicted molar refractivity (Wildman–Crippen MR) is 182 cm³/mol. The largest absolute Gasteiger partial charge is 0.389 e. The molecule has 6 aromatic heterocycles. The van der Waals surface area contributed by atoms with E-state index < -0.39 is 6.10 Å². The molecule has 0 aliphatic carbocycles. The highest BCUT2D eigenvalue weighted by Gasteiger charge is 2.06. The average Bonchev–Trinajstić information content (AvgIpc) is 3.05. The van der Waals surface area contributed by atoms with E-state index in [2.05, 4.69) is 50.3 Å². The van der Waals surface area contributed by atoms with Crippen LogP contribution in [0.4, 0.5) is 0 Å². The Hall–Kier alpha value is -5.40. The van der Waals surface area contributed by atoms with Gasteiger partial charge >= 0.3 is 0 Å². The van der Waals surface area contributed by atoms with Crippen LogP contribution in [0.2, 0.25) is 0 Å². The van der Waals surface area contributed by atoms with Crippen LogP contribution in [-0.4, -0.2) is 35.0 Å². The molecule has 1 atom stereocenters. The van der Waals surface area contributed by atoms with Crippen molar-refractivity contribution in [3.05, 3.63) is 150 Å². The van der Waals surface area contributed by atoms with E-state index in [0.29, 0.717) is 0 Å². The molecule has 6 rings (SSSR count). The first kappa shape index (κ1) is 32.5. The van der Waals surface area contributed by atoms with Crippen molar-refractivity contribution in [1.29, 1.82) is 0 Å². The smallest absolute Gasteiger partial charge is 0.0892 e. The van der Waals surface area contributed by atoms with E-state index in [1.54, 1.807) is 37.8 Å². The summed E-state index contributed by atoms with van der Waals surface area (Å²) in [6, 6.07) is 23.6. The zero-order valence-electron chi connectivity index (χ0n) is 26.4. The van der Waals surface area contributed by atoms with Gasteiger partial charge in [-0.25, -0.2) is 0 Å². The van der Waals surface area contributed by atoms with E-state index in [1.165, 1.54) is 16.7 Å². The molecule has 0 fully saturated rings. The molecule has 0 aliphatic heterocycles. The Morgan fingerprint density at radius 3 is 1.13 bits per heavy atom. The number of nitrogens with zero attached hydrogens (tertiary/aromatic N) is 6. The number of rotatable bonds is 5. The zero-order valence-corrected chi connectivity index (χ0v) is 26.4. The minimum Gasteiger partial charge on any atom is -0.389 e. The molecule has 0 bridgehead atoms. The summed E-state index contributed by atoms with van der Waals surface area (Å²) in [5.41, 5.74) is 12.0. The van der Waals surface area contributed by atoms with Crippen LogP contribution in [-0.2, 0) is 0 Å². The van der Waals surface area contributed by atoms with E-state index in [-0.39, 0.29) is 0 Å². The lowest BCUT2D eigenvalue weighted by Gasteiger charge is -2.06. The predicted octanol–water partition coefficient (Wildman–Crippen LogP) is 8.36. The van der Waals surface area contributed by atoms with Crippen LogP contribution in [0.1, 0.15) is 46.4 Å². The summed E-state index contributed by atoms with van der Waals surface area (Å²) in [6.07, 6.45) is 12.0. The summed E-state index contributed by atoms with van der Waals surface area (Å²) >= 11 is 0. The lowest BCUT2D eigenvalue weighted by atomic mass is 10.1. The molecule has 1 unspecified atom stereocenters. The van der Waals surface area contributed by atoms with Crippen LogP contribution in [0.3, 0.4) is 0 Å². The Morgan fingerprint density at radius 1 is 0.489 bits per heavy atom. The normalized spacial score (nSPS) is 10.9. The van der Waals surface area contributed by atoms with Crippen LogP contribution >= 0.6 is 0 Å². The third-order valence-corrected chi connectivity index (χ3v) is 6.74. The molecular formula is C38H38N6O. The molecule has 0 saturated carbocycles. The molecule has 1 N–H and O–H groups in total. The standard InChI is InChI=1S/C13H14N2O.C13H12N2.C12H12N2/c1-9-3-5-14-12(7-9)13-8-11(10(2)16)4-6-15-13;1-3-11-5-7-15-13(9-11)12-8-10(2)4-6-14-12;1-9-3-5-13-11(7-9)12-8-10(2)4-6-14-12/h3-8,10,16H,1-2H3;3-9H,1H2,2H3;3-8H,1-2H3. The quantitative estimate of drug-likeness (QED) is 0.214.